The van der Waals surface area contributed by atoms with E-state index < -0.39 is 0 Å². The van der Waals surface area contributed by atoms with E-state index in [0.29, 0.717) is 16.1 Å². The first kappa shape index (κ1) is 23.1. The van der Waals surface area contributed by atoms with Crippen molar-refractivity contribution < 1.29 is 9.59 Å². The molecule has 35 heavy (non-hydrogen) atoms. The number of fused-ring (bicyclic) bond motifs is 1. The summed E-state index contributed by atoms with van der Waals surface area (Å²) in [7, 11) is 1.70. The van der Waals surface area contributed by atoms with E-state index >= 15 is 0 Å². The highest BCUT2D eigenvalue weighted by atomic mass is 32.1. The van der Waals surface area contributed by atoms with Crippen molar-refractivity contribution in [3.05, 3.63) is 76.2 Å². The normalized spacial score (nSPS) is 13.8. The van der Waals surface area contributed by atoms with Crippen molar-refractivity contribution in [1.82, 2.24) is 14.0 Å². The number of rotatable bonds is 5. The Kier molecular flexibility index (Phi) is 6.30. The van der Waals surface area contributed by atoms with Crippen molar-refractivity contribution in [3.63, 3.8) is 0 Å². The van der Waals surface area contributed by atoms with Gasteiger partial charge in [-0.25, -0.2) is 4.79 Å². The molecule has 1 aliphatic rings. The van der Waals surface area contributed by atoms with Crippen LogP contribution in [-0.4, -0.2) is 38.9 Å². The van der Waals surface area contributed by atoms with Crippen LogP contribution in [0.4, 0.5) is 5.00 Å². The molecule has 0 aliphatic carbocycles. The number of thiophene rings is 1. The minimum Gasteiger partial charge on any atom is -0.339 e. The number of hydrogen-bond acceptors (Lipinski definition) is 4. The van der Waals surface area contributed by atoms with Crippen LogP contribution in [0.1, 0.15) is 35.2 Å². The summed E-state index contributed by atoms with van der Waals surface area (Å²) >= 11 is 1.41. The first-order valence-electron chi connectivity index (χ1n) is 11.9. The molecule has 0 radical (unpaired) electrons. The molecular weight excluding hydrogens is 460 g/mol. The van der Waals surface area contributed by atoms with Gasteiger partial charge in [0.05, 0.1) is 16.6 Å². The molecule has 1 aliphatic heterocycles. The number of para-hydroxylation sites is 2. The van der Waals surface area contributed by atoms with E-state index in [1.807, 2.05) is 66.4 Å². The molecule has 0 unspecified atom stereocenters. The van der Waals surface area contributed by atoms with Gasteiger partial charge in [-0.3, -0.25) is 18.7 Å². The summed E-state index contributed by atoms with van der Waals surface area (Å²) in [6, 6.07) is 17.3. The fourth-order valence-electron chi connectivity index (χ4n) is 4.80. The molecule has 2 aromatic heterocycles. The second-order valence-electron chi connectivity index (χ2n) is 8.94. The number of amides is 2. The zero-order valence-corrected chi connectivity index (χ0v) is 20.7. The van der Waals surface area contributed by atoms with Crippen LogP contribution in [0, 0.1) is 6.92 Å². The van der Waals surface area contributed by atoms with Gasteiger partial charge in [-0.05, 0) is 49.4 Å². The molecule has 0 spiro atoms. The Bertz CT molecular complexity index is 1460. The molecule has 180 valence electrons. The lowest BCUT2D eigenvalue weighted by Gasteiger charge is -2.27. The average molecular weight is 489 g/mol. The number of aromatic nitrogens is 2. The van der Waals surface area contributed by atoms with Crippen LogP contribution in [-0.2, 0) is 18.4 Å². The van der Waals surface area contributed by atoms with Crippen molar-refractivity contribution in [3.8, 4) is 10.4 Å². The third-order valence-corrected chi connectivity index (χ3v) is 7.90. The number of aryl methyl sites for hydroxylation is 1. The molecule has 0 atom stereocenters. The molecule has 7 nitrogen and oxygen atoms in total. The first-order chi connectivity index (χ1) is 17.0. The number of imidazole rings is 1. The van der Waals surface area contributed by atoms with Crippen LogP contribution in [0.25, 0.3) is 21.5 Å². The van der Waals surface area contributed by atoms with Gasteiger partial charge >= 0.3 is 5.69 Å². The van der Waals surface area contributed by atoms with E-state index in [-0.39, 0.29) is 24.0 Å². The molecule has 1 fully saturated rings. The predicted molar refractivity (Wildman–Crippen MR) is 140 cm³/mol. The summed E-state index contributed by atoms with van der Waals surface area (Å²) in [6.45, 7) is 3.27. The van der Waals surface area contributed by atoms with Crippen LogP contribution in [0.5, 0.6) is 0 Å². The van der Waals surface area contributed by atoms with E-state index in [1.54, 1.807) is 7.05 Å². The molecular formula is C27H28N4O3S. The zero-order valence-electron chi connectivity index (χ0n) is 19.9. The number of carbonyl (C=O) groups is 2. The zero-order chi connectivity index (χ0) is 24.5. The molecule has 8 heteroatoms. The Labute approximate surface area is 207 Å². The second-order valence-corrected chi connectivity index (χ2v) is 9.96. The molecule has 1 N–H and O–H groups in total. The summed E-state index contributed by atoms with van der Waals surface area (Å²) in [6.07, 6.45) is 3.11. The number of anilines is 1. The Hall–Kier alpha value is -3.65. The highest BCUT2D eigenvalue weighted by molar-refractivity contribution is 7.20. The molecule has 2 amide bonds. The smallest absolute Gasteiger partial charge is 0.329 e. The van der Waals surface area contributed by atoms with Crippen molar-refractivity contribution in [1.29, 1.82) is 0 Å². The highest BCUT2D eigenvalue weighted by Gasteiger charge is 2.28. The lowest BCUT2D eigenvalue weighted by molar-refractivity contribution is -0.116. The molecule has 2 aromatic carbocycles. The fourth-order valence-corrected chi connectivity index (χ4v) is 6.03. The van der Waals surface area contributed by atoms with Gasteiger partial charge in [0.2, 0.25) is 5.91 Å². The van der Waals surface area contributed by atoms with Gasteiger partial charge < -0.3 is 10.2 Å². The van der Waals surface area contributed by atoms with Gasteiger partial charge in [-0.15, -0.1) is 11.3 Å². The van der Waals surface area contributed by atoms with Gasteiger partial charge in [0.1, 0.15) is 11.5 Å². The van der Waals surface area contributed by atoms with E-state index in [9.17, 15) is 14.4 Å². The van der Waals surface area contributed by atoms with Crippen molar-refractivity contribution in [2.24, 2.45) is 7.05 Å². The maximum atomic E-state index is 13.6. The van der Waals surface area contributed by atoms with Crippen LogP contribution >= 0.6 is 11.3 Å². The fraction of sp³-hybridized carbons (Fsp3) is 0.296. The maximum absolute atomic E-state index is 13.6. The van der Waals surface area contributed by atoms with E-state index in [4.69, 9.17) is 0 Å². The lowest BCUT2D eigenvalue weighted by atomic mass is 10.0. The summed E-state index contributed by atoms with van der Waals surface area (Å²) in [5, 5.41) is 3.51. The number of nitrogens with zero attached hydrogens (tertiary/aromatic N) is 3. The van der Waals surface area contributed by atoms with Gasteiger partial charge in [0, 0.05) is 25.0 Å². The molecule has 3 heterocycles. The van der Waals surface area contributed by atoms with Crippen molar-refractivity contribution >= 4 is 39.2 Å². The largest absolute Gasteiger partial charge is 0.339 e. The third kappa shape index (κ3) is 4.30. The number of likely N-dealkylation sites (tertiary alicyclic amines) is 1. The topological polar surface area (TPSA) is 76.3 Å². The van der Waals surface area contributed by atoms with Gasteiger partial charge in [-0.2, -0.15) is 0 Å². The Balaban J connectivity index is 1.50. The number of hydrogen-bond donors (Lipinski definition) is 1. The maximum Gasteiger partial charge on any atom is 0.329 e. The summed E-state index contributed by atoms with van der Waals surface area (Å²) in [5.74, 6) is -0.379. The van der Waals surface area contributed by atoms with Gasteiger partial charge in [0.15, 0.2) is 0 Å². The number of nitrogens with one attached hydrogen (secondary N) is 1. The number of benzene rings is 2. The summed E-state index contributed by atoms with van der Waals surface area (Å²) < 4.78 is 3.01. The molecule has 5 rings (SSSR count). The summed E-state index contributed by atoms with van der Waals surface area (Å²) in [4.78, 5) is 42.4. The molecule has 4 aromatic rings. The van der Waals surface area contributed by atoms with Crippen LogP contribution in [0.15, 0.2) is 59.4 Å². The summed E-state index contributed by atoms with van der Waals surface area (Å²) in [5.41, 5.74) is 3.65. The monoisotopic (exact) mass is 488 g/mol. The minimum absolute atomic E-state index is 0.0433. The standard InChI is InChI=1S/C27H28N4O3S/c1-18-23(26(33)30-15-9-4-10-16-30)25(35-24(18)19-11-5-3-6-12-19)28-22(32)17-31-21-14-8-7-13-20(21)29(2)27(31)34/h3,5-8,11-14H,4,9-10,15-17H2,1-2H3,(H,28,32). The molecule has 1 saturated heterocycles. The second kappa shape index (κ2) is 9.54. The lowest BCUT2D eigenvalue weighted by Crippen LogP contribution is -2.36. The SMILES string of the molecule is Cc1c(-c2ccccc2)sc(NC(=O)Cn2c(=O)n(C)c3ccccc32)c1C(=O)N1CCCCC1. The van der Waals surface area contributed by atoms with E-state index in [0.717, 1.165) is 53.9 Å². The van der Waals surface area contributed by atoms with Crippen molar-refractivity contribution in [2.75, 3.05) is 18.4 Å². The number of carbonyl (C=O) groups excluding carboxylic acids is 2. The average Bonchev–Trinajstić information content (AvgIpc) is 3.33. The van der Waals surface area contributed by atoms with Gasteiger partial charge in [-0.1, -0.05) is 42.5 Å². The van der Waals surface area contributed by atoms with Crippen molar-refractivity contribution in [2.45, 2.75) is 32.7 Å². The van der Waals surface area contributed by atoms with Gasteiger partial charge in [0.25, 0.3) is 5.91 Å². The van der Waals surface area contributed by atoms with Crippen LogP contribution in [0.2, 0.25) is 0 Å². The van der Waals surface area contributed by atoms with Crippen LogP contribution in [0.3, 0.4) is 0 Å². The molecule has 0 bridgehead atoms. The quantitative estimate of drug-likeness (QED) is 0.445. The first-order valence-corrected chi connectivity index (χ1v) is 12.7. The Morgan fingerprint density at radius 1 is 0.943 bits per heavy atom. The molecule has 0 saturated carbocycles. The predicted octanol–water partition coefficient (Wildman–Crippen LogP) is 4.64. The van der Waals surface area contributed by atoms with E-state index in [1.165, 1.54) is 20.5 Å². The Morgan fingerprint density at radius 2 is 1.60 bits per heavy atom. The number of piperidine rings is 1. The highest BCUT2D eigenvalue weighted by Crippen LogP contribution is 2.40. The van der Waals surface area contributed by atoms with Crippen LogP contribution < -0.4 is 11.0 Å². The third-order valence-electron chi connectivity index (χ3n) is 6.65. The minimum atomic E-state index is -0.336. The van der Waals surface area contributed by atoms with E-state index in [2.05, 4.69) is 5.32 Å². The Morgan fingerprint density at radius 3 is 2.31 bits per heavy atom.